The smallest absolute Gasteiger partial charge is 0.406 e. The van der Waals surface area contributed by atoms with E-state index in [9.17, 15) is 17.4 Å². The van der Waals surface area contributed by atoms with Gasteiger partial charge >= 0.3 is 6.36 Å². The summed E-state index contributed by atoms with van der Waals surface area (Å²) in [7, 11) is 0.318. The lowest BCUT2D eigenvalue weighted by Crippen LogP contribution is -2.16. The molecule has 1 aromatic heterocycles. The van der Waals surface area contributed by atoms with Crippen molar-refractivity contribution in [2.45, 2.75) is 11.3 Å². The molecule has 0 spiro atoms. The summed E-state index contributed by atoms with van der Waals surface area (Å²) in [4.78, 5) is 8.42. The standard InChI is InChI=1S/C23H18F3N3O2S/c1-27-32(30)21-5-3-2-4-18(21)16-9-12-19-20(14-16)29-22(28-19)13-8-15-6-10-17(11-7-15)31-23(24,25)26/h2-14,27H,1H3,(H,28,29)/b13-8+. The van der Waals surface area contributed by atoms with Crippen LogP contribution in [0.3, 0.4) is 0 Å². The number of ether oxygens (including phenoxy) is 1. The third-order valence-electron chi connectivity index (χ3n) is 4.63. The van der Waals surface area contributed by atoms with E-state index in [2.05, 4.69) is 19.4 Å². The largest absolute Gasteiger partial charge is 0.573 e. The molecule has 0 saturated carbocycles. The van der Waals surface area contributed by atoms with Crippen molar-refractivity contribution in [1.82, 2.24) is 14.7 Å². The molecule has 5 nitrogen and oxygen atoms in total. The van der Waals surface area contributed by atoms with Crippen LogP contribution in [0.25, 0.3) is 34.3 Å². The van der Waals surface area contributed by atoms with Crippen LogP contribution in [0, 0.1) is 0 Å². The van der Waals surface area contributed by atoms with E-state index in [0.29, 0.717) is 16.3 Å². The molecular weight excluding hydrogens is 439 g/mol. The zero-order chi connectivity index (χ0) is 22.7. The van der Waals surface area contributed by atoms with Gasteiger partial charge < -0.3 is 9.72 Å². The molecular formula is C23H18F3N3O2S. The number of alkyl halides is 3. The average Bonchev–Trinajstić information content (AvgIpc) is 3.19. The van der Waals surface area contributed by atoms with Crippen molar-refractivity contribution >= 4 is 34.2 Å². The van der Waals surface area contributed by atoms with Gasteiger partial charge in [0, 0.05) is 0 Å². The van der Waals surface area contributed by atoms with Gasteiger partial charge in [-0.3, -0.25) is 0 Å². The normalized spacial score (nSPS) is 13.0. The molecule has 2 N–H and O–H groups in total. The maximum absolute atomic E-state index is 12.3. The Labute approximate surface area is 184 Å². The number of aromatic nitrogens is 2. The Morgan fingerprint density at radius 3 is 2.50 bits per heavy atom. The Bertz CT molecular complexity index is 1300. The van der Waals surface area contributed by atoms with Crippen LogP contribution in [-0.4, -0.2) is 27.6 Å². The van der Waals surface area contributed by atoms with Gasteiger partial charge in [0.2, 0.25) is 0 Å². The Balaban J connectivity index is 1.57. The number of nitrogens with zero attached hydrogens (tertiary/aromatic N) is 1. The van der Waals surface area contributed by atoms with Crippen LogP contribution in [0.2, 0.25) is 0 Å². The van der Waals surface area contributed by atoms with Crippen molar-refractivity contribution in [3.8, 4) is 16.9 Å². The summed E-state index contributed by atoms with van der Waals surface area (Å²) in [6.07, 6.45) is -1.24. The highest BCUT2D eigenvalue weighted by molar-refractivity contribution is 7.83. The van der Waals surface area contributed by atoms with Crippen molar-refractivity contribution in [2.75, 3.05) is 7.05 Å². The molecule has 32 heavy (non-hydrogen) atoms. The summed E-state index contributed by atoms with van der Waals surface area (Å²) in [5.41, 5.74) is 4.02. The number of hydrogen-bond donors (Lipinski definition) is 2. The summed E-state index contributed by atoms with van der Waals surface area (Å²) >= 11 is 0. The molecule has 0 aliphatic heterocycles. The first kappa shape index (κ1) is 21.8. The van der Waals surface area contributed by atoms with Crippen LogP contribution in [0.1, 0.15) is 11.4 Å². The molecule has 0 fully saturated rings. The fraction of sp³-hybridized carbons (Fsp3) is 0.0870. The van der Waals surface area contributed by atoms with E-state index in [1.54, 1.807) is 19.2 Å². The number of H-pyrrole nitrogens is 1. The lowest BCUT2D eigenvalue weighted by atomic mass is 10.1. The van der Waals surface area contributed by atoms with Crippen LogP contribution >= 0.6 is 0 Å². The van der Waals surface area contributed by atoms with E-state index in [-0.39, 0.29) is 5.75 Å². The molecule has 9 heteroatoms. The summed E-state index contributed by atoms with van der Waals surface area (Å²) in [5.74, 6) is 0.324. The number of fused-ring (bicyclic) bond motifs is 1. The first-order chi connectivity index (χ1) is 15.3. The second kappa shape index (κ2) is 8.97. The summed E-state index contributed by atoms with van der Waals surface area (Å²) in [6, 6.07) is 18.8. The third-order valence-corrected chi connectivity index (χ3v) is 5.76. The highest BCUT2D eigenvalue weighted by Gasteiger charge is 2.30. The Morgan fingerprint density at radius 2 is 1.78 bits per heavy atom. The molecule has 164 valence electrons. The van der Waals surface area contributed by atoms with Crippen molar-refractivity contribution in [3.05, 3.63) is 78.1 Å². The van der Waals surface area contributed by atoms with E-state index >= 15 is 0 Å². The lowest BCUT2D eigenvalue weighted by Gasteiger charge is -2.08. The van der Waals surface area contributed by atoms with Crippen LogP contribution in [0.5, 0.6) is 5.75 Å². The summed E-state index contributed by atoms with van der Waals surface area (Å²) < 4.78 is 55.7. The quantitative estimate of drug-likeness (QED) is 0.400. The molecule has 1 atom stereocenters. The van der Waals surface area contributed by atoms with Crippen molar-refractivity contribution in [3.63, 3.8) is 0 Å². The first-order valence-electron chi connectivity index (χ1n) is 9.54. The highest BCUT2D eigenvalue weighted by Crippen LogP contribution is 2.28. The zero-order valence-corrected chi connectivity index (χ0v) is 17.6. The summed E-state index contributed by atoms with van der Waals surface area (Å²) in [6.45, 7) is 0. The van der Waals surface area contributed by atoms with Gasteiger partial charge in [0.1, 0.15) is 22.6 Å². The van der Waals surface area contributed by atoms with E-state index in [1.807, 2.05) is 42.5 Å². The van der Waals surface area contributed by atoms with E-state index in [0.717, 1.165) is 22.2 Å². The fourth-order valence-electron chi connectivity index (χ4n) is 3.21. The van der Waals surface area contributed by atoms with Gasteiger partial charge in [-0.1, -0.05) is 42.5 Å². The number of halogens is 3. The SMILES string of the molecule is CNS(=O)c1ccccc1-c1ccc2nc(/C=C/c3ccc(OC(F)(F)F)cc3)[nH]c2c1. The molecule has 0 aliphatic rings. The molecule has 1 heterocycles. The van der Waals surface area contributed by atoms with E-state index in [1.165, 1.54) is 24.3 Å². The number of aromatic amines is 1. The number of rotatable bonds is 6. The van der Waals surface area contributed by atoms with Crippen molar-refractivity contribution < 1.29 is 22.1 Å². The molecule has 4 aromatic rings. The molecule has 4 rings (SSSR count). The molecule has 0 saturated heterocycles. The van der Waals surface area contributed by atoms with Crippen LogP contribution in [0.4, 0.5) is 13.2 Å². The van der Waals surface area contributed by atoms with Gasteiger partial charge in [-0.05, 0) is 60.1 Å². The van der Waals surface area contributed by atoms with E-state index < -0.39 is 17.3 Å². The third kappa shape index (κ3) is 5.06. The van der Waals surface area contributed by atoms with E-state index in [4.69, 9.17) is 0 Å². The zero-order valence-electron chi connectivity index (χ0n) is 16.8. The Hall–Kier alpha value is -3.43. The predicted octanol–water partition coefficient (Wildman–Crippen LogP) is 5.54. The second-order valence-electron chi connectivity index (χ2n) is 6.77. The molecule has 0 aliphatic carbocycles. The number of benzene rings is 3. The minimum atomic E-state index is -4.72. The van der Waals surface area contributed by atoms with Crippen molar-refractivity contribution in [2.24, 2.45) is 0 Å². The molecule has 1 unspecified atom stereocenters. The van der Waals surface area contributed by atoms with Gasteiger partial charge in [0.25, 0.3) is 0 Å². The minimum absolute atomic E-state index is 0.273. The van der Waals surface area contributed by atoms with Gasteiger partial charge in [0.05, 0.1) is 15.9 Å². The van der Waals surface area contributed by atoms with Gasteiger partial charge in [-0.2, -0.15) is 0 Å². The van der Waals surface area contributed by atoms with Gasteiger partial charge in [0.15, 0.2) is 0 Å². The average molecular weight is 457 g/mol. The maximum Gasteiger partial charge on any atom is 0.573 e. The Morgan fingerprint density at radius 1 is 1.03 bits per heavy atom. The second-order valence-corrected chi connectivity index (χ2v) is 8.16. The first-order valence-corrected chi connectivity index (χ1v) is 10.7. The van der Waals surface area contributed by atoms with Gasteiger partial charge in [-0.25, -0.2) is 13.9 Å². The van der Waals surface area contributed by atoms with Crippen LogP contribution < -0.4 is 9.46 Å². The molecule has 0 amide bonds. The van der Waals surface area contributed by atoms with Gasteiger partial charge in [-0.15, -0.1) is 13.2 Å². The topological polar surface area (TPSA) is 67.0 Å². The number of hydrogen-bond acceptors (Lipinski definition) is 3. The van der Waals surface area contributed by atoms with Crippen LogP contribution in [0.15, 0.2) is 71.6 Å². The number of nitrogens with one attached hydrogen (secondary N) is 2. The fourth-order valence-corrected chi connectivity index (χ4v) is 4.02. The lowest BCUT2D eigenvalue weighted by molar-refractivity contribution is -0.274. The molecule has 3 aromatic carbocycles. The number of imidazole rings is 1. The van der Waals surface area contributed by atoms with Crippen molar-refractivity contribution in [1.29, 1.82) is 0 Å². The summed E-state index contributed by atoms with van der Waals surface area (Å²) in [5, 5.41) is 0. The highest BCUT2D eigenvalue weighted by atomic mass is 32.2. The maximum atomic E-state index is 12.3. The van der Waals surface area contributed by atoms with Crippen LogP contribution in [-0.2, 0) is 11.0 Å². The monoisotopic (exact) mass is 457 g/mol. The molecule has 0 bridgehead atoms. The Kier molecular flexibility index (Phi) is 6.11. The predicted molar refractivity (Wildman–Crippen MR) is 119 cm³/mol. The molecule has 0 radical (unpaired) electrons. The minimum Gasteiger partial charge on any atom is -0.406 e.